The van der Waals surface area contributed by atoms with Gasteiger partial charge in [0.1, 0.15) is 5.60 Å². The number of aliphatic hydroxyl groups is 1. The molecular weight excluding hydrogens is 248 g/mol. The lowest BCUT2D eigenvalue weighted by Crippen LogP contribution is -2.35. The molecule has 0 saturated heterocycles. The van der Waals surface area contributed by atoms with Crippen LogP contribution in [0.3, 0.4) is 0 Å². The Kier molecular flexibility index (Phi) is 3.29. The lowest BCUT2D eigenvalue weighted by atomic mass is 9.77. The van der Waals surface area contributed by atoms with Gasteiger partial charge in [-0.15, -0.1) is 0 Å². The Balaban J connectivity index is 2.53. The highest BCUT2D eigenvalue weighted by atomic mass is 16.3. The molecule has 1 aliphatic rings. The Morgan fingerprint density at radius 2 is 2.20 bits per heavy atom. The van der Waals surface area contributed by atoms with E-state index in [1.165, 1.54) is 0 Å². The zero-order valence-electron chi connectivity index (χ0n) is 15.9. The van der Waals surface area contributed by atoms with Gasteiger partial charge in [-0.25, -0.2) is 0 Å². The zero-order chi connectivity index (χ0) is 17.8. The molecule has 0 heterocycles. The minimum atomic E-state index is -1.77. The number of rotatable bonds is 7. The van der Waals surface area contributed by atoms with Gasteiger partial charge in [-0.05, 0) is 30.5 Å². The molecule has 0 fully saturated rings. The Labute approximate surface area is 127 Å². The fourth-order valence-electron chi connectivity index (χ4n) is 2.68. The molecule has 1 aliphatic carbocycles. The van der Waals surface area contributed by atoms with Crippen LogP contribution >= 0.6 is 0 Å². The lowest BCUT2D eigenvalue weighted by molar-refractivity contribution is -0.123. The summed E-state index contributed by atoms with van der Waals surface area (Å²) in [7, 11) is 0. The molecule has 2 rings (SSSR count). The Morgan fingerprint density at radius 3 is 2.85 bits per heavy atom. The molecular formula is C18H24O2. The fourth-order valence-corrected chi connectivity index (χ4v) is 2.68. The predicted molar refractivity (Wildman–Crippen MR) is 81.4 cm³/mol. The van der Waals surface area contributed by atoms with Crippen molar-refractivity contribution in [3.05, 3.63) is 47.5 Å². The molecule has 0 aliphatic heterocycles. The van der Waals surface area contributed by atoms with Crippen molar-refractivity contribution >= 4 is 5.78 Å². The average molecular weight is 276 g/mol. The van der Waals surface area contributed by atoms with E-state index in [0.717, 1.165) is 19.3 Å². The first kappa shape index (κ1) is 10.3. The SMILES string of the molecule is [2H]CC1=C([2H])C(=O)[C@]([2H])(CCCCCC)[C@@]1(O[2H])c1ccccc1. The molecule has 1 N–H and O–H groups in total. The molecule has 0 radical (unpaired) electrons. The molecule has 2 atom stereocenters. The number of unbranched alkanes of at least 4 members (excludes halogenated alkanes) is 3. The van der Waals surface area contributed by atoms with Crippen molar-refractivity contribution in [2.75, 3.05) is 0 Å². The van der Waals surface area contributed by atoms with Crippen LogP contribution in [-0.2, 0) is 10.4 Å². The number of allylic oxidation sites excluding steroid dienone is 1. The Hall–Kier alpha value is -1.41. The first-order valence-corrected chi connectivity index (χ1v) is 7.23. The van der Waals surface area contributed by atoms with E-state index in [-0.39, 0.29) is 24.9 Å². The van der Waals surface area contributed by atoms with Crippen molar-refractivity contribution in [3.8, 4) is 0 Å². The quantitative estimate of drug-likeness (QED) is 0.765. The number of hydrogen-bond acceptors (Lipinski definition) is 2. The van der Waals surface area contributed by atoms with Gasteiger partial charge in [0.25, 0.3) is 0 Å². The van der Waals surface area contributed by atoms with Crippen LogP contribution < -0.4 is 0 Å². The van der Waals surface area contributed by atoms with Gasteiger partial charge < -0.3 is 5.11 Å². The maximum atomic E-state index is 12.7. The fraction of sp³-hybridized carbons (Fsp3) is 0.500. The second-order valence-electron chi connectivity index (χ2n) is 5.27. The van der Waals surface area contributed by atoms with E-state index >= 15 is 0 Å². The molecule has 108 valence electrons. The average Bonchev–Trinajstić information content (AvgIpc) is 2.78. The number of hydrogen-bond donors (Lipinski definition) is 1. The van der Waals surface area contributed by atoms with E-state index in [1.807, 2.05) is 0 Å². The summed E-state index contributed by atoms with van der Waals surface area (Å²) >= 11 is 0. The summed E-state index contributed by atoms with van der Waals surface area (Å²) < 4.78 is 32.5. The lowest BCUT2D eigenvalue weighted by Gasteiger charge is -2.32. The van der Waals surface area contributed by atoms with Gasteiger partial charge in [0.05, 0.1) is 7.26 Å². The number of benzene rings is 1. The van der Waals surface area contributed by atoms with E-state index in [4.69, 9.17) is 10.7 Å². The Morgan fingerprint density at radius 1 is 1.40 bits per heavy atom. The third kappa shape index (κ3) is 2.71. The minimum Gasteiger partial charge on any atom is -0.380 e. The standard InChI is InChI=1S/C18H24O2/c1-3-4-5-9-12-16-17(19)13-14(2)18(16,20)15-10-7-6-8-11-15/h6-8,10-11,13,16,20H,3-5,9,12H2,1-2H3/t16-,18-/m0/s1/i2D,13D,16D,20D. The molecule has 0 saturated carbocycles. The number of carbonyl (C=O) groups is 1. The topological polar surface area (TPSA) is 37.3 Å². The highest BCUT2D eigenvalue weighted by Gasteiger charge is 2.47. The van der Waals surface area contributed by atoms with Gasteiger partial charge in [0.15, 0.2) is 5.78 Å². The highest BCUT2D eigenvalue weighted by molar-refractivity contribution is 5.97. The van der Waals surface area contributed by atoms with Gasteiger partial charge in [0, 0.05) is 2.74 Å². The number of carbonyl (C=O) groups excluding carboxylic acids is 1. The van der Waals surface area contributed by atoms with Crippen molar-refractivity contribution in [2.45, 2.75) is 51.5 Å². The molecule has 20 heavy (non-hydrogen) atoms. The largest absolute Gasteiger partial charge is 0.380 e. The third-order valence-corrected chi connectivity index (χ3v) is 3.85. The maximum absolute atomic E-state index is 12.7. The van der Waals surface area contributed by atoms with Crippen molar-refractivity contribution in [1.29, 1.82) is 1.43 Å². The van der Waals surface area contributed by atoms with E-state index in [2.05, 4.69) is 6.92 Å². The molecule has 1 aromatic carbocycles. The maximum Gasteiger partial charge on any atom is 0.212 e. The first-order chi connectivity index (χ1) is 11.5. The van der Waals surface area contributed by atoms with Crippen LogP contribution in [0.1, 0.15) is 55.6 Å². The van der Waals surface area contributed by atoms with E-state index in [0.29, 0.717) is 12.0 Å². The van der Waals surface area contributed by atoms with Gasteiger partial charge in [-0.3, -0.25) is 4.79 Å². The van der Waals surface area contributed by atoms with Crippen molar-refractivity contribution < 1.29 is 14.0 Å². The molecule has 0 unspecified atom stereocenters. The molecule has 0 spiro atoms. The van der Waals surface area contributed by atoms with E-state index < -0.39 is 17.3 Å². The first-order valence-electron chi connectivity index (χ1n) is 9.35. The van der Waals surface area contributed by atoms with E-state index in [9.17, 15) is 4.79 Å². The van der Waals surface area contributed by atoms with Crippen LogP contribution in [0.5, 0.6) is 0 Å². The predicted octanol–water partition coefficient (Wildman–Crippen LogP) is 3.99. The molecule has 2 heteroatoms. The second-order valence-corrected chi connectivity index (χ2v) is 5.27. The summed E-state index contributed by atoms with van der Waals surface area (Å²) in [6, 6.07) is 8.36. The van der Waals surface area contributed by atoms with Crippen LogP contribution in [0.25, 0.3) is 0 Å². The summed E-state index contributed by atoms with van der Waals surface area (Å²) in [6.07, 6.45) is 3.80. The molecule has 0 aromatic heterocycles. The van der Waals surface area contributed by atoms with Crippen molar-refractivity contribution in [2.24, 2.45) is 5.89 Å². The molecule has 0 amide bonds. The zero-order valence-corrected chi connectivity index (χ0v) is 11.9. The van der Waals surface area contributed by atoms with Crippen LogP contribution in [-0.4, -0.2) is 12.3 Å². The molecule has 0 bridgehead atoms. The molecule has 2 nitrogen and oxygen atoms in total. The smallest absolute Gasteiger partial charge is 0.212 e. The minimum absolute atomic E-state index is 0.110. The summed E-state index contributed by atoms with van der Waals surface area (Å²) in [6.45, 7) is 1.74. The molecule has 1 aromatic rings. The number of ketones is 1. The third-order valence-electron chi connectivity index (χ3n) is 3.85. The second kappa shape index (κ2) is 6.36. The van der Waals surface area contributed by atoms with Crippen molar-refractivity contribution in [3.63, 3.8) is 0 Å². The summed E-state index contributed by atoms with van der Waals surface area (Å²) in [4.78, 5) is 12.7. The highest BCUT2D eigenvalue weighted by Crippen LogP contribution is 2.44. The van der Waals surface area contributed by atoms with Crippen LogP contribution in [0.4, 0.5) is 0 Å². The summed E-state index contributed by atoms with van der Waals surface area (Å²) in [5.74, 6) is -2.41. The van der Waals surface area contributed by atoms with Crippen LogP contribution in [0, 0.1) is 5.89 Å². The summed E-state index contributed by atoms with van der Waals surface area (Å²) in [5.41, 5.74) is -1.07. The van der Waals surface area contributed by atoms with Crippen LogP contribution in [0.2, 0.25) is 0 Å². The van der Waals surface area contributed by atoms with Gasteiger partial charge >= 0.3 is 0 Å². The van der Waals surface area contributed by atoms with Crippen LogP contribution in [0.15, 0.2) is 42.0 Å². The Bertz CT molecular complexity index is 617. The van der Waals surface area contributed by atoms with Crippen molar-refractivity contribution in [1.82, 2.24) is 0 Å². The van der Waals surface area contributed by atoms with Gasteiger partial charge in [-0.1, -0.05) is 62.9 Å². The van der Waals surface area contributed by atoms with Gasteiger partial charge in [-0.2, -0.15) is 0 Å². The van der Waals surface area contributed by atoms with Gasteiger partial charge in [0.2, 0.25) is 1.43 Å². The monoisotopic (exact) mass is 276 g/mol. The normalized spacial score (nSPS) is 32.8. The van der Waals surface area contributed by atoms with E-state index in [1.54, 1.807) is 30.3 Å². The summed E-state index contributed by atoms with van der Waals surface area (Å²) in [5, 5.41) is 5.05.